The van der Waals surface area contributed by atoms with Crippen LogP contribution < -0.4 is 10.5 Å². The lowest BCUT2D eigenvalue weighted by Gasteiger charge is -2.07. The van der Waals surface area contributed by atoms with Gasteiger partial charge in [0.15, 0.2) is 0 Å². The van der Waals surface area contributed by atoms with Crippen molar-refractivity contribution >= 4 is 32.4 Å². The van der Waals surface area contributed by atoms with Crippen molar-refractivity contribution in [1.82, 2.24) is 4.98 Å². The maximum Gasteiger partial charge on any atom is 0.147 e. The molecule has 94 valence electrons. The van der Waals surface area contributed by atoms with Gasteiger partial charge in [-0.2, -0.15) is 0 Å². The lowest BCUT2D eigenvalue weighted by Crippen LogP contribution is -1.89. The number of anilines is 1. The average Bonchev–Trinajstić information content (AvgIpc) is 2.39. The van der Waals surface area contributed by atoms with E-state index in [2.05, 4.69) is 27.0 Å². The minimum atomic E-state index is 0.585. The highest BCUT2D eigenvalue weighted by Gasteiger charge is 2.01. The standard InChI is InChI=1S/C15H11BrN2O/c16-12-3-1-11-6-14(4-2-10(11)5-12)19-15-7-13(17)8-18-9-15/h1-9H,17H2. The number of pyridine rings is 1. The number of halogens is 1. The molecule has 0 spiro atoms. The van der Waals surface area contributed by atoms with Crippen molar-refractivity contribution in [1.29, 1.82) is 0 Å². The van der Waals surface area contributed by atoms with Gasteiger partial charge in [-0.1, -0.05) is 28.1 Å². The molecule has 0 amide bonds. The van der Waals surface area contributed by atoms with Gasteiger partial charge in [0, 0.05) is 10.5 Å². The van der Waals surface area contributed by atoms with E-state index in [1.165, 1.54) is 0 Å². The molecule has 0 radical (unpaired) electrons. The molecule has 0 atom stereocenters. The van der Waals surface area contributed by atoms with E-state index in [0.717, 1.165) is 21.0 Å². The third-order valence-electron chi connectivity index (χ3n) is 2.74. The van der Waals surface area contributed by atoms with Crippen LogP contribution in [0.3, 0.4) is 0 Å². The highest BCUT2D eigenvalue weighted by Crippen LogP contribution is 2.27. The summed E-state index contributed by atoms with van der Waals surface area (Å²) in [5, 5.41) is 2.28. The summed E-state index contributed by atoms with van der Waals surface area (Å²) in [6, 6.07) is 13.8. The summed E-state index contributed by atoms with van der Waals surface area (Å²) in [5.41, 5.74) is 6.26. The zero-order chi connectivity index (χ0) is 13.2. The van der Waals surface area contributed by atoms with Gasteiger partial charge in [0.2, 0.25) is 0 Å². The summed E-state index contributed by atoms with van der Waals surface area (Å²) >= 11 is 3.46. The molecule has 0 unspecified atom stereocenters. The molecule has 19 heavy (non-hydrogen) atoms. The van der Waals surface area contributed by atoms with Crippen molar-refractivity contribution < 1.29 is 4.74 Å². The molecular weight excluding hydrogens is 304 g/mol. The Morgan fingerprint density at radius 3 is 2.53 bits per heavy atom. The quantitative estimate of drug-likeness (QED) is 0.764. The van der Waals surface area contributed by atoms with Crippen LogP contribution in [0.2, 0.25) is 0 Å². The molecule has 2 N–H and O–H groups in total. The minimum absolute atomic E-state index is 0.585. The summed E-state index contributed by atoms with van der Waals surface area (Å²) in [6.07, 6.45) is 3.23. The van der Waals surface area contributed by atoms with Gasteiger partial charge >= 0.3 is 0 Å². The van der Waals surface area contributed by atoms with E-state index in [9.17, 15) is 0 Å². The smallest absolute Gasteiger partial charge is 0.147 e. The topological polar surface area (TPSA) is 48.1 Å². The van der Waals surface area contributed by atoms with E-state index in [1.807, 2.05) is 30.3 Å². The van der Waals surface area contributed by atoms with Crippen LogP contribution in [0.15, 0.2) is 59.3 Å². The van der Waals surface area contributed by atoms with Crippen LogP contribution in [0.25, 0.3) is 10.8 Å². The third kappa shape index (κ3) is 2.69. The largest absolute Gasteiger partial charge is 0.456 e. The van der Waals surface area contributed by atoms with Crippen LogP contribution in [0, 0.1) is 0 Å². The number of rotatable bonds is 2. The van der Waals surface area contributed by atoms with E-state index in [1.54, 1.807) is 18.5 Å². The highest BCUT2D eigenvalue weighted by atomic mass is 79.9. The maximum absolute atomic E-state index is 5.74. The first-order chi connectivity index (χ1) is 9.20. The van der Waals surface area contributed by atoms with Crippen LogP contribution in [-0.4, -0.2) is 4.98 Å². The number of aromatic nitrogens is 1. The molecule has 3 aromatic rings. The molecule has 0 aliphatic heterocycles. The third-order valence-corrected chi connectivity index (χ3v) is 3.24. The second-order valence-corrected chi connectivity index (χ2v) is 5.12. The zero-order valence-corrected chi connectivity index (χ0v) is 11.6. The second-order valence-electron chi connectivity index (χ2n) is 4.21. The molecule has 0 bridgehead atoms. The molecule has 0 aliphatic carbocycles. The molecule has 4 heteroatoms. The number of benzene rings is 2. The SMILES string of the molecule is Nc1cncc(Oc2ccc3cc(Br)ccc3c2)c1. The van der Waals surface area contributed by atoms with Gasteiger partial charge in [-0.25, -0.2) is 0 Å². The Balaban J connectivity index is 1.95. The summed E-state index contributed by atoms with van der Waals surface area (Å²) in [4.78, 5) is 4.00. The second kappa shape index (κ2) is 4.90. The summed E-state index contributed by atoms with van der Waals surface area (Å²) in [7, 11) is 0. The number of fused-ring (bicyclic) bond motifs is 1. The molecule has 1 aromatic heterocycles. The maximum atomic E-state index is 5.74. The molecule has 0 aliphatic rings. The predicted octanol–water partition coefficient (Wildman–Crippen LogP) is 4.37. The van der Waals surface area contributed by atoms with Gasteiger partial charge in [-0.15, -0.1) is 0 Å². The molecule has 0 fully saturated rings. The molecule has 0 saturated carbocycles. The Kier molecular flexibility index (Phi) is 3.09. The van der Waals surface area contributed by atoms with Crippen LogP contribution in [-0.2, 0) is 0 Å². The minimum Gasteiger partial charge on any atom is -0.456 e. The van der Waals surface area contributed by atoms with Crippen LogP contribution in [0.4, 0.5) is 5.69 Å². The van der Waals surface area contributed by atoms with Gasteiger partial charge in [0.25, 0.3) is 0 Å². The number of nitrogen functional groups attached to an aromatic ring is 1. The molecular formula is C15H11BrN2O. The summed E-state index contributed by atoms with van der Waals surface area (Å²) < 4.78 is 6.81. The van der Waals surface area contributed by atoms with E-state index in [0.29, 0.717) is 11.4 Å². The van der Waals surface area contributed by atoms with E-state index in [4.69, 9.17) is 10.5 Å². The highest BCUT2D eigenvalue weighted by molar-refractivity contribution is 9.10. The van der Waals surface area contributed by atoms with Crippen molar-refractivity contribution in [3.63, 3.8) is 0 Å². The molecule has 3 rings (SSSR count). The van der Waals surface area contributed by atoms with Gasteiger partial charge in [-0.3, -0.25) is 4.98 Å². The van der Waals surface area contributed by atoms with Crippen molar-refractivity contribution in [2.24, 2.45) is 0 Å². The van der Waals surface area contributed by atoms with Crippen molar-refractivity contribution in [3.8, 4) is 11.5 Å². The lowest BCUT2D eigenvalue weighted by atomic mass is 10.1. The zero-order valence-electron chi connectivity index (χ0n) is 10.0. The molecule has 3 nitrogen and oxygen atoms in total. The first kappa shape index (κ1) is 12.0. The predicted molar refractivity (Wildman–Crippen MR) is 80.4 cm³/mol. The van der Waals surface area contributed by atoms with Crippen molar-refractivity contribution in [3.05, 3.63) is 59.3 Å². The average molecular weight is 315 g/mol. The van der Waals surface area contributed by atoms with Gasteiger partial charge in [-0.05, 0) is 35.0 Å². The Hall–Kier alpha value is -2.07. The number of nitrogens with two attached hydrogens (primary N) is 1. The van der Waals surface area contributed by atoms with Gasteiger partial charge in [0.1, 0.15) is 11.5 Å². The number of ether oxygens (including phenoxy) is 1. The van der Waals surface area contributed by atoms with Crippen LogP contribution >= 0.6 is 15.9 Å². The molecule has 0 saturated heterocycles. The summed E-state index contributed by atoms with van der Waals surface area (Å²) in [6.45, 7) is 0. The van der Waals surface area contributed by atoms with Gasteiger partial charge < -0.3 is 10.5 Å². The van der Waals surface area contributed by atoms with E-state index < -0.39 is 0 Å². The molecule has 2 aromatic carbocycles. The Morgan fingerprint density at radius 1 is 0.895 bits per heavy atom. The Morgan fingerprint density at radius 2 is 1.68 bits per heavy atom. The fourth-order valence-electron chi connectivity index (χ4n) is 1.89. The van der Waals surface area contributed by atoms with E-state index >= 15 is 0 Å². The van der Waals surface area contributed by atoms with Crippen LogP contribution in [0.1, 0.15) is 0 Å². The number of hydrogen-bond donors (Lipinski definition) is 1. The summed E-state index contributed by atoms with van der Waals surface area (Å²) in [5.74, 6) is 1.40. The monoisotopic (exact) mass is 314 g/mol. The Bertz CT molecular complexity index is 743. The number of nitrogens with zero attached hydrogens (tertiary/aromatic N) is 1. The normalized spacial score (nSPS) is 10.6. The Labute approximate surface area is 119 Å². The molecule has 1 heterocycles. The fraction of sp³-hybridized carbons (Fsp3) is 0. The van der Waals surface area contributed by atoms with Crippen LogP contribution in [0.5, 0.6) is 11.5 Å². The van der Waals surface area contributed by atoms with E-state index in [-0.39, 0.29) is 0 Å². The van der Waals surface area contributed by atoms with Crippen molar-refractivity contribution in [2.45, 2.75) is 0 Å². The number of hydrogen-bond acceptors (Lipinski definition) is 3. The van der Waals surface area contributed by atoms with Gasteiger partial charge in [0.05, 0.1) is 18.1 Å². The van der Waals surface area contributed by atoms with Crippen molar-refractivity contribution in [2.75, 3.05) is 5.73 Å². The fourth-order valence-corrected chi connectivity index (χ4v) is 2.26. The first-order valence-corrected chi connectivity index (χ1v) is 6.58. The first-order valence-electron chi connectivity index (χ1n) is 5.78. The lowest BCUT2D eigenvalue weighted by molar-refractivity contribution is 0.481.